The van der Waals surface area contributed by atoms with E-state index in [1.165, 1.54) is 17.0 Å². The summed E-state index contributed by atoms with van der Waals surface area (Å²) in [6, 6.07) is 25.5. The lowest BCUT2D eigenvalue weighted by molar-refractivity contribution is 0.299. The van der Waals surface area contributed by atoms with Crippen LogP contribution in [0, 0.1) is 5.82 Å². The highest BCUT2D eigenvalue weighted by Crippen LogP contribution is 2.33. The van der Waals surface area contributed by atoms with Gasteiger partial charge in [0.1, 0.15) is 29.5 Å². The van der Waals surface area contributed by atoms with Crippen LogP contribution >= 0.6 is 11.6 Å². The van der Waals surface area contributed by atoms with Gasteiger partial charge in [0, 0.05) is 16.1 Å². The second-order valence-electron chi connectivity index (χ2n) is 8.86. The lowest BCUT2D eigenvalue weighted by atomic mass is 10.2. The summed E-state index contributed by atoms with van der Waals surface area (Å²) >= 11 is 6.27. The summed E-state index contributed by atoms with van der Waals surface area (Å²) in [6.07, 6.45) is 1.45. The summed E-state index contributed by atoms with van der Waals surface area (Å²) < 4.78 is 32.8. The molecule has 0 N–H and O–H groups in total. The summed E-state index contributed by atoms with van der Waals surface area (Å²) in [6.45, 7) is -0.00130. The Balaban J connectivity index is 1.46. The first-order chi connectivity index (χ1) is 19.5. The van der Waals surface area contributed by atoms with Crippen LogP contribution in [-0.4, -0.2) is 23.0 Å². The molecular formula is C31H21ClFN3O4. The first kappa shape index (κ1) is 25.3. The van der Waals surface area contributed by atoms with Crippen LogP contribution in [0.3, 0.4) is 0 Å². The van der Waals surface area contributed by atoms with Crippen molar-refractivity contribution in [3.8, 4) is 23.1 Å². The van der Waals surface area contributed by atoms with Crippen LogP contribution in [0.4, 0.5) is 4.39 Å². The number of hydrogen-bond acceptors (Lipinski definition) is 6. The minimum atomic E-state index is -0.389. The van der Waals surface area contributed by atoms with Gasteiger partial charge in [-0.15, -0.1) is 0 Å². The van der Waals surface area contributed by atoms with E-state index in [9.17, 15) is 9.18 Å². The van der Waals surface area contributed by atoms with Crippen LogP contribution in [0.2, 0.25) is 5.02 Å². The number of para-hydroxylation sites is 1. The summed E-state index contributed by atoms with van der Waals surface area (Å²) in [5.74, 6) is 1.21. The Hall–Kier alpha value is -4.95. The van der Waals surface area contributed by atoms with E-state index in [2.05, 4.69) is 5.10 Å². The number of ether oxygens (including phenoxy) is 2. The highest BCUT2D eigenvalue weighted by molar-refractivity contribution is 6.30. The lowest BCUT2D eigenvalue weighted by Gasteiger charge is -2.11. The van der Waals surface area contributed by atoms with Crippen LogP contribution in [0.25, 0.3) is 33.5 Å². The Morgan fingerprint density at radius 1 is 0.975 bits per heavy atom. The average molecular weight is 554 g/mol. The molecule has 0 aliphatic carbocycles. The summed E-state index contributed by atoms with van der Waals surface area (Å²) in [5.41, 5.74) is 1.57. The molecule has 0 spiro atoms. The van der Waals surface area contributed by atoms with Gasteiger partial charge in [-0.3, -0.25) is 4.79 Å². The van der Waals surface area contributed by atoms with Gasteiger partial charge in [-0.1, -0.05) is 48.0 Å². The van der Waals surface area contributed by atoms with Crippen LogP contribution in [0.15, 0.2) is 105 Å². The topological polar surface area (TPSA) is 78.9 Å². The first-order valence-corrected chi connectivity index (χ1v) is 12.7. The van der Waals surface area contributed by atoms with E-state index in [0.29, 0.717) is 49.9 Å². The third kappa shape index (κ3) is 4.81. The number of benzene rings is 4. The Morgan fingerprint density at radius 3 is 2.65 bits per heavy atom. The predicted molar refractivity (Wildman–Crippen MR) is 153 cm³/mol. The minimum Gasteiger partial charge on any atom is -0.496 e. The lowest BCUT2D eigenvalue weighted by Crippen LogP contribution is -2.20. The maximum absolute atomic E-state index is 14.1. The zero-order chi connectivity index (χ0) is 27.6. The first-order valence-electron chi connectivity index (χ1n) is 12.3. The number of halogens is 2. The van der Waals surface area contributed by atoms with Crippen molar-refractivity contribution < 1.29 is 18.3 Å². The fourth-order valence-electron chi connectivity index (χ4n) is 4.36. The van der Waals surface area contributed by atoms with Crippen molar-refractivity contribution in [2.24, 2.45) is 5.10 Å². The van der Waals surface area contributed by atoms with E-state index < -0.39 is 0 Å². The van der Waals surface area contributed by atoms with Gasteiger partial charge in [-0.2, -0.15) is 9.78 Å². The van der Waals surface area contributed by atoms with E-state index >= 15 is 0 Å². The molecule has 40 heavy (non-hydrogen) atoms. The van der Waals surface area contributed by atoms with E-state index in [1.807, 2.05) is 12.1 Å². The van der Waals surface area contributed by atoms with Gasteiger partial charge < -0.3 is 13.9 Å². The molecule has 4 aromatic carbocycles. The second kappa shape index (κ2) is 10.7. The van der Waals surface area contributed by atoms with Crippen molar-refractivity contribution in [1.29, 1.82) is 0 Å². The van der Waals surface area contributed by atoms with E-state index in [4.69, 9.17) is 30.5 Å². The van der Waals surface area contributed by atoms with E-state index in [0.717, 1.165) is 5.39 Å². The molecule has 0 bridgehead atoms. The largest absolute Gasteiger partial charge is 0.496 e. The van der Waals surface area contributed by atoms with Gasteiger partial charge in [0.05, 0.1) is 29.6 Å². The highest BCUT2D eigenvalue weighted by Gasteiger charge is 2.18. The van der Waals surface area contributed by atoms with Crippen molar-refractivity contribution in [2.75, 3.05) is 7.11 Å². The standard InChI is InChI=1S/C31H21ClFN3O4/c1-38-27-11-6-12-28-23(27)16-29(40-28)30-35-25-10-5-3-8-22(25)31(37)36(30)34-17-20-15-21(32)13-14-26(20)39-18-19-7-2-4-9-24(19)33/h2-17H,18H2,1H3. The Labute approximate surface area is 232 Å². The maximum Gasteiger partial charge on any atom is 0.282 e. The van der Waals surface area contributed by atoms with Crippen LogP contribution in [0.1, 0.15) is 11.1 Å². The molecule has 0 amide bonds. The molecule has 0 fully saturated rings. The molecule has 0 aliphatic rings. The molecule has 9 heteroatoms. The molecule has 0 saturated heterocycles. The van der Waals surface area contributed by atoms with Gasteiger partial charge in [-0.05, 0) is 54.6 Å². The number of aromatic nitrogens is 2. The van der Waals surface area contributed by atoms with Gasteiger partial charge in [0.25, 0.3) is 5.56 Å². The molecule has 0 radical (unpaired) electrons. The minimum absolute atomic E-state index is 0.00130. The monoisotopic (exact) mass is 553 g/mol. The molecule has 0 atom stereocenters. The van der Waals surface area contributed by atoms with Crippen molar-refractivity contribution in [1.82, 2.24) is 9.66 Å². The highest BCUT2D eigenvalue weighted by atomic mass is 35.5. The number of nitrogens with zero attached hydrogens (tertiary/aromatic N) is 3. The summed E-state index contributed by atoms with van der Waals surface area (Å²) in [7, 11) is 1.58. The van der Waals surface area contributed by atoms with Crippen molar-refractivity contribution in [2.45, 2.75) is 6.61 Å². The van der Waals surface area contributed by atoms with Gasteiger partial charge in [-0.25, -0.2) is 9.37 Å². The number of methoxy groups -OCH3 is 1. The van der Waals surface area contributed by atoms with Crippen LogP contribution in [-0.2, 0) is 6.61 Å². The van der Waals surface area contributed by atoms with E-state index in [-0.39, 0.29) is 23.8 Å². The molecule has 2 heterocycles. The molecule has 0 unspecified atom stereocenters. The fraction of sp³-hybridized carbons (Fsp3) is 0.0645. The van der Waals surface area contributed by atoms with E-state index in [1.54, 1.807) is 79.9 Å². The maximum atomic E-state index is 14.1. The quantitative estimate of drug-likeness (QED) is 0.198. The van der Waals surface area contributed by atoms with Crippen molar-refractivity contribution >= 4 is 39.7 Å². The molecule has 2 aromatic heterocycles. The van der Waals surface area contributed by atoms with Crippen molar-refractivity contribution in [3.63, 3.8) is 0 Å². The smallest absolute Gasteiger partial charge is 0.282 e. The van der Waals surface area contributed by atoms with Gasteiger partial charge >= 0.3 is 0 Å². The zero-order valence-electron chi connectivity index (χ0n) is 21.2. The SMILES string of the molecule is COc1cccc2oc(-c3nc4ccccc4c(=O)n3N=Cc3cc(Cl)ccc3OCc3ccccc3F)cc12. The fourth-order valence-corrected chi connectivity index (χ4v) is 4.54. The number of fused-ring (bicyclic) bond motifs is 2. The third-order valence-corrected chi connectivity index (χ3v) is 6.58. The molecule has 6 aromatic rings. The average Bonchev–Trinajstić information content (AvgIpc) is 3.41. The van der Waals surface area contributed by atoms with Crippen LogP contribution in [0.5, 0.6) is 11.5 Å². The molecule has 0 aliphatic heterocycles. The summed E-state index contributed by atoms with van der Waals surface area (Å²) in [4.78, 5) is 18.3. The number of rotatable bonds is 7. The normalized spacial score (nSPS) is 11.5. The van der Waals surface area contributed by atoms with Crippen LogP contribution < -0.4 is 15.0 Å². The second-order valence-corrected chi connectivity index (χ2v) is 9.30. The molecule has 0 saturated carbocycles. The molecule has 6 rings (SSSR count). The molecular weight excluding hydrogens is 533 g/mol. The summed E-state index contributed by atoms with van der Waals surface area (Å²) in [5, 5.41) is 6.06. The Bertz CT molecular complexity index is 1960. The Kier molecular flexibility index (Phi) is 6.76. The molecule has 198 valence electrons. The third-order valence-electron chi connectivity index (χ3n) is 6.34. The number of hydrogen-bond donors (Lipinski definition) is 0. The number of furan rings is 1. The van der Waals surface area contributed by atoms with Crippen molar-refractivity contribution in [3.05, 3.63) is 123 Å². The van der Waals surface area contributed by atoms with Gasteiger partial charge in [0.15, 0.2) is 5.76 Å². The molecule has 7 nitrogen and oxygen atoms in total. The van der Waals surface area contributed by atoms with Gasteiger partial charge in [0.2, 0.25) is 5.82 Å². The zero-order valence-corrected chi connectivity index (χ0v) is 21.9. The predicted octanol–water partition coefficient (Wildman–Crippen LogP) is 7.07. The Morgan fingerprint density at radius 2 is 1.80 bits per heavy atom.